The summed E-state index contributed by atoms with van der Waals surface area (Å²) in [5, 5.41) is 3.21. The van der Waals surface area contributed by atoms with Crippen LogP contribution in [0, 0.1) is 13.8 Å². The van der Waals surface area contributed by atoms with Crippen LogP contribution in [-0.4, -0.2) is 34.6 Å². The summed E-state index contributed by atoms with van der Waals surface area (Å²) in [6.07, 6.45) is 5.03. The van der Waals surface area contributed by atoms with Crippen molar-refractivity contribution in [3.05, 3.63) is 70.8 Å². The summed E-state index contributed by atoms with van der Waals surface area (Å²) in [4.78, 5) is 28.3. The highest BCUT2D eigenvalue weighted by molar-refractivity contribution is 7.99. The van der Waals surface area contributed by atoms with Gasteiger partial charge in [-0.15, -0.1) is 11.8 Å². The van der Waals surface area contributed by atoms with Crippen LogP contribution in [0.5, 0.6) is 0 Å². The Morgan fingerprint density at radius 1 is 1.03 bits per heavy atom. The van der Waals surface area contributed by atoms with Gasteiger partial charge in [0.05, 0.1) is 5.75 Å². The van der Waals surface area contributed by atoms with E-state index in [4.69, 9.17) is 0 Å². The van der Waals surface area contributed by atoms with Crippen LogP contribution in [-0.2, 0) is 21.9 Å². The lowest BCUT2D eigenvalue weighted by Crippen LogP contribution is -2.51. The topological polar surface area (TPSA) is 49.4 Å². The minimum atomic E-state index is -0.441. The molecule has 3 rings (SSSR count). The Kier molecular flexibility index (Phi) is 9.22. The predicted octanol–water partition coefficient (Wildman–Crippen LogP) is 5.40. The lowest BCUT2D eigenvalue weighted by Gasteiger charge is -2.31. The zero-order valence-corrected chi connectivity index (χ0v) is 20.4. The summed E-state index contributed by atoms with van der Waals surface area (Å²) >= 11 is 1.61. The fraction of sp³-hybridized carbons (Fsp3) is 0.481. The second-order valence-corrected chi connectivity index (χ2v) is 9.89. The van der Waals surface area contributed by atoms with Crippen molar-refractivity contribution in [1.29, 1.82) is 0 Å². The summed E-state index contributed by atoms with van der Waals surface area (Å²) in [7, 11) is 0. The molecule has 0 spiro atoms. The highest BCUT2D eigenvalue weighted by Gasteiger charge is 2.30. The Bertz CT molecular complexity index is 908. The number of carbonyl (C=O) groups excluding carboxylic acids is 2. The third-order valence-corrected chi connectivity index (χ3v) is 7.09. The van der Waals surface area contributed by atoms with Crippen LogP contribution in [0.4, 0.5) is 0 Å². The number of carbonyl (C=O) groups is 2. The molecule has 1 aliphatic rings. The van der Waals surface area contributed by atoms with Gasteiger partial charge in [-0.25, -0.2) is 0 Å². The molecule has 32 heavy (non-hydrogen) atoms. The largest absolute Gasteiger partial charge is 0.352 e. The number of nitrogens with one attached hydrogen (secondary N) is 1. The third kappa shape index (κ3) is 7.13. The molecule has 4 nitrogen and oxygen atoms in total. The van der Waals surface area contributed by atoms with E-state index < -0.39 is 6.04 Å². The van der Waals surface area contributed by atoms with Crippen LogP contribution in [0.2, 0.25) is 0 Å². The molecule has 2 aromatic carbocycles. The molecule has 5 heteroatoms. The molecule has 0 bridgehead atoms. The van der Waals surface area contributed by atoms with Gasteiger partial charge in [0.2, 0.25) is 11.8 Å². The number of aryl methyl sites for hydroxylation is 2. The zero-order valence-electron chi connectivity index (χ0n) is 19.6. The molecule has 2 aromatic rings. The number of thioether (sulfide) groups is 1. The van der Waals surface area contributed by atoms with Crippen molar-refractivity contribution in [3.63, 3.8) is 0 Å². The third-order valence-electron chi connectivity index (χ3n) is 6.10. The Morgan fingerprint density at radius 2 is 1.66 bits per heavy atom. The van der Waals surface area contributed by atoms with Gasteiger partial charge in [-0.05, 0) is 44.2 Å². The summed E-state index contributed by atoms with van der Waals surface area (Å²) < 4.78 is 0. The van der Waals surface area contributed by atoms with Crippen LogP contribution >= 0.6 is 11.8 Å². The number of hydrogen-bond acceptors (Lipinski definition) is 3. The molecule has 1 atom stereocenters. The first-order valence-corrected chi connectivity index (χ1v) is 12.9. The molecule has 1 fully saturated rings. The monoisotopic (exact) mass is 452 g/mol. The van der Waals surface area contributed by atoms with Gasteiger partial charge in [0, 0.05) is 18.3 Å². The van der Waals surface area contributed by atoms with E-state index in [0.717, 1.165) is 29.7 Å². The van der Waals surface area contributed by atoms with Crippen molar-refractivity contribution in [2.75, 3.05) is 5.75 Å². The quantitative estimate of drug-likeness (QED) is 0.525. The Morgan fingerprint density at radius 3 is 2.28 bits per heavy atom. The van der Waals surface area contributed by atoms with E-state index in [9.17, 15) is 9.59 Å². The first-order valence-electron chi connectivity index (χ1n) is 11.7. The van der Waals surface area contributed by atoms with Gasteiger partial charge >= 0.3 is 0 Å². The van der Waals surface area contributed by atoms with Gasteiger partial charge in [0.25, 0.3) is 0 Å². The number of nitrogens with zero attached hydrogens (tertiary/aromatic N) is 1. The summed E-state index contributed by atoms with van der Waals surface area (Å²) in [5.74, 6) is 1.17. The standard InChI is InChI=1S/C27H36N2O2S/c1-4-25(27(31)28-24-13-5-6-14-24)29(17-22-11-7-9-20(2)15-22)26(30)19-32-18-23-12-8-10-21(3)16-23/h7-12,15-16,24-25H,4-6,13-14,17-19H2,1-3H3,(H,28,31). The smallest absolute Gasteiger partial charge is 0.243 e. The highest BCUT2D eigenvalue weighted by atomic mass is 32.2. The molecule has 0 aliphatic heterocycles. The Labute approximate surface area is 197 Å². The summed E-state index contributed by atoms with van der Waals surface area (Å²) in [5.41, 5.74) is 4.67. The van der Waals surface area contributed by atoms with Gasteiger partial charge in [0.15, 0.2) is 0 Å². The summed E-state index contributed by atoms with van der Waals surface area (Å²) in [6.45, 7) is 6.59. The number of amides is 2. The molecule has 0 heterocycles. The molecular weight excluding hydrogens is 416 g/mol. The maximum Gasteiger partial charge on any atom is 0.243 e. The molecule has 1 N–H and O–H groups in total. The van der Waals surface area contributed by atoms with Gasteiger partial charge in [-0.2, -0.15) is 0 Å². The van der Waals surface area contributed by atoms with Crippen LogP contribution in [0.15, 0.2) is 48.5 Å². The van der Waals surface area contributed by atoms with Crippen molar-refractivity contribution < 1.29 is 9.59 Å². The number of hydrogen-bond donors (Lipinski definition) is 1. The second kappa shape index (κ2) is 12.1. The van der Waals surface area contributed by atoms with Crippen LogP contribution < -0.4 is 5.32 Å². The van der Waals surface area contributed by atoms with E-state index in [0.29, 0.717) is 18.7 Å². The molecular formula is C27H36N2O2S. The van der Waals surface area contributed by atoms with Gasteiger partial charge in [-0.3, -0.25) is 9.59 Å². The molecule has 0 radical (unpaired) electrons. The van der Waals surface area contributed by atoms with E-state index in [2.05, 4.69) is 55.6 Å². The minimum Gasteiger partial charge on any atom is -0.352 e. The zero-order chi connectivity index (χ0) is 22.9. The second-order valence-electron chi connectivity index (χ2n) is 8.91. The van der Waals surface area contributed by atoms with Crippen molar-refractivity contribution in [2.45, 2.75) is 77.3 Å². The maximum absolute atomic E-state index is 13.4. The fourth-order valence-electron chi connectivity index (χ4n) is 4.44. The van der Waals surface area contributed by atoms with Crippen molar-refractivity contribution >= 4 is 23.6 Å². The first-order chi connectivity index (χ1) is 15.5. The van der Waals surface area contributed by atoms with Crippen LogP contribution in [0.3, 0.4) is 0 Å². The van der Waals surface area contributed by atoms with E-state index in [1.54, 1.807) is 16.7 Å². The minimum absolute atomic E-state index is 0.0101. The molecule has 172 valence electrons. The number of rotatable bonds is 10. The van der Waals surface area contributed by atoms with E-state index in [1.807, 2.05) is 19.1 Å². The van der Waals surface area contributed by atoms with Crippen molar-refractivity contribution in [2.24, 2.45) is 0 Å². The van der Waals surface area contributed by atoms with E-state index >= 15 is 0 Å². The summed E-state index contributed by atoms with van der Waals surface area (Å²) in [6, 6.07) is 16.4. The van der Waals surface area contributed by atoms with Crippen molar-refractivity contribution in [3.8, 4) is 0 Å². The lowest BCUT2D eigenvalue weighted by atomic mass is 10.1. The predicted molar refractivity (Wildman–Crippen MR) is 134 cm³/mol. The Balaban J connectivity index is 1.70. The fourth-order valence-corrected chi connectivity index (χ4v) is 5.29. The molecule has 1 aliphatic carbocycles. The average molecular weight is 453 g/mol. The van der Waals surface area contributed by atoms with Gasteiger partial charge in [0.1, 0.15) is 6.04 Å². The van der Waals surface area contributed by atoms with Crippen LogP contribution in [0.1, 0.15) is 61.3 Å². The van der Waals surface area contributed by atoms with Crippen LogP contribution in [0.25, 0.3) is 0 Å². The molecule has 2 amide bonds. The molecule has 0 aromatic heterocycles. The SMILES string of the molecule is CCC(C(=O)NC1CCCC1)N(Cc1cccc(C)c1)C(=O)CSCc1cccc(C)c1. The molecule has 1 unspecified atom stereocenters. The normalized spacial score (nSPS) is 14.8. The van der Waals surface area contributed by atoms with E-state index in [1.165, 1.54) is 24.0 Å². The average Bonchev–Trinajstić information content (AvgIpc) is 3.26. The molecule has 0 saturated heterocycles. The maximum atomic E-state index is 13.4. The van der Waals surface area contributed by atoms with Gasteiger partial charge < -0.3 is 10.2 Å². The van der Waals surface area contributed by atoms with Crippen molar-refractivity contribution in [1.82, 2.24) is 10.2 Å². The van der Waals surface area contributed by atoms with E-state index in [-0.39, 0.29) is 17.9 Å². The highest BCUT2D eigenvalue weighted by Crippen LogP contribution is 2.21. The first kappa shape index (κ1) is 24.4. The molecule has 1 saturated carbocycles. The lowest BCUT2D eigenvalue weighted by molar-refractivity contribution is -0.139. The Hall–Kier alpha value is -2.27. The number of benzene rings is 2. The van der Waals surface area contributed by atoms with Gasteiger partial charge in [-0.1, -0.05) is 79.4 Å².